The number of hydrogen-bond acceptors (Lipinski definition) is 4. The number of halogens is 3. The zero-order valence-corrected chi connectivity index (χ0v) is 17.7. The molecule has 0 saturated carbocycles. The molecule has 176 valence electrons. The number of carbonyl (C=O) groups excluding carboxylic acids is 1. The smallest absolute Gasteiger partial charge is 0.335 e. The molecule has 4 aromatic carbocycles. The zero-order chi connectivity index (χ0) is 25.3. The highest BCUT2D eigenvalue weighted by Crippen LogP contribution is 2.35. The lowest BCUT2D eigenvalue weighted by atomic mass is 10.00. The molecule has 0 radical (unpaired) electrons. The second-order valence-electron chi connectivity index (χ2n) is 7.55. The van der Waals surface area contributed by atoms with E-state index in [0.717, 1.165) is 30.3 Å². The summed E-state index contributed by atoms with van der Waals surface area (Å²) in [4.78, 5) is 24.1. The molecule has 0 heterocycles. The molecule has 4 N–H and O–H groups in total. The van der Waals surface area contributed by atoms with E-state index in [-0.39, 0.29) is 50.6 Å². The first-order valence-corrected chi connectivity index (χ1v) is 10.1. The van der Waals surface area contributed by atoms with Gasteiger partial charge in [-0.1, -0.05) is 6.07 Å². The highest BCUT2D eigenvalue weighted by Gasteiger charge is 2.16. The number of benzene rings is 4. The quantitative estimate of drug-likeness (QED) is 0.271. The van der Waals surface area contributed by atoms with Gasteiger partial charge in [0.1, 0.15) is 17.3 Å². The van der Waals surface area contributed by atoms with E-state index in [1.165, 1.54) is 42.5 Å². The van der Waals surface area contributed by atoms with E-state index < -0.39 is 29.3 Å². The number of nitrogens with one attached hydrogen (secondary N) is 1. The monoisotopic (exact) mass is 479 g/mol. The number of carboxylic acids is 1. The first-order valence-electron chi connectivity index (χ1n) is 10.1. The lowest BCUT2D eigenvalue weighted by Gasteiger charge is -2.12. The van der Waals surface area contributed by atoms with Crippen LogP contribution in [0.2, 0.25) is 0 Å². The summed E-state index contributed by atoms with van der Waals surface area (Å²) in [5, 5.41) is 32.1. The van der Waals surface area contributed by atoms with Gasteiger partial charge in [-0.25, -0.2) is 18.0 Å². The topological polar surface area (TPSA) is 107 Å². The summed E-state index contributed by atoms with van der Waals surface area (Å²) in [5.74, 6) is -5.47. The molecule has 4 rings (SSSR count). The molecule has 0 fully saturated rings. The van der Waals surface area contributed by atoms with Crippen LogP contribution in [0.4, 0.5) is 18.9 Å². The standard InChI is InChI=1S/C26H16F3NO5/c27-20-5-2-15(26(34)35)10-18(20)19-12-16(4-8-24(19)32)30-25(33)14-3-7-23(31)17(9-14)13-1-6-21(28)22(29)11-13/h1-12,31-32H,(H,30,33)(H,34,35). The number of amides is 1. The molecule has 9 heteroatoms. The fourth-order valence-corrected chi connectivity index (χ4v) is 3.47. The van der Waals surface area contributed by atoms with Gasteiger partial charge in [-0.05, 0) is 72.3 Å². The second-order valence-corrected chi connectivity index (χ2v) is 7.55. The predicted molar refractivity (Wildman–Crippen MR) is 122 cm³/mol. The van der Waals surface area contributed by atoms with Crippen molar-refractivity contribution in [2.75, 3.05) is 5.32 Å². The number of aromatic carboxylic acids is 1. The average Bonchev–Trinajstić information content (AvgIpc) is 2.82. The molecule has 6 nitrogen and oxygen atoms in total. The minimum Gasteiger partial charge on any atom is -0.507 e. The maximum Gasteiger partial charge on any atom is 0.335 e. The first-order chi connectivity index (χ1) is 16.6. The third kappa shape index (κ3) is 4.79. The molecule has 0 bridgehead atoms. The van der Waals surface area contributed by atoms with Crippen LogP contribution >= 0.6 is 0 Å². The van der Waals surface area contributed by atoms with E-state index in [0.29, 0.717) is 0 Å². The van der Waals surface area contributed by atoms with Crippen LogP contribution in [0.25, 0.3) is 22.3 Å². The van der Waals surface area contributed by atoms with Crippen molar-refractivity contribution >= 4 is 17.6 Å². The van der Waals surface area contributed by atoms with Crippen molar-refractivity contribution in [1.29, 1.82) is 0 Å². The Balaban J connectivity index is 1.66. The maximum absolute atomic E-state index is 14.4. The van der Waals surface area contributed by atoms with Crippen LogP contribution in [0.3, 0.4) is 0 Å². The molecule has 0 spiro atoms. The van der Waals surface area contributed by atoms with Crippen LogP contribution in [0, 0.1) is 17.5 Å². The van der Waals surface area contributed by atoms with E-state index in [2.05, 4.69) is 5.32 Å². The van der Waals surface area contributed by atoms with Crippen molar-refractivity contribution in [3.05, 3.63) is 101 Å². The molecule has 0 aliphatic heterocycles. The van der Waals surface area contributed by atoms with Gasteiger partial charge < -0.3 is 20.6 Å². The maximum atomic E-state index is 14.4. The van der Waals surface area contributed by atoms with E-state index in [1.54, 1.807) is 0 Å². The number of phenolic OH excluding ortho intramolecular Hbond substituents is 2. The molecule has 0 aliphatic rings. The fourth-order valence-electron chi connectivity index (χ4n) is 3.47. The summed E-state index contributed by atoms with van der Waals surface area (Å²) < 4.78 is 41.3. The number of carbonyl (C=O) groups is 2. The number of carboxylic acid groups (broad SMARTS) is 1. The summed E-state index contributed by atoms with van der Waals surface area (Å²) in [6.45, 7) is 0. The van der Waals surface area contributed by atoms with Gasteiger partial charge in [0.2, 0.25) is 0 Å². The molecule has 0 aliphatic carbocycles. The fraction of sp³-hybridized carbons (Fsp3) is 0. The van der Waals surface area contributed by atoms with Gasteiger partial charge in [-0.3, -0.25) is 4.79 Å². The van der Waals surface area contributed by atoms with Gasteiger partial charge in [0.15, 0.2) is 11.6 Å². The normalized spacial score (nSPS) is 10.7. The van der Waals surface area contributed by atoms with Crippen molar-refractivity contribution in [3.8, 4) is 33.8 Å². The lowest BCUT2D eigenvalue weighted by molar-refractivity contribution is 0.0696. The van der Waals surface area contributed by atoms with Crippen molar-refractivity contribution in [2.45, 2.75) is 0 Å². The van der Waals surface area contributed by atoms with E-state index in [9.17, 15) is 33.0 Å². The number of hydrogen-bond donors (Lipinski definition) is 4. The van der Waals surface area contributed by atoms with Crippen LogP contribution in [0.5, 0.6) is 11.5 Å². The highest BCUT2D eigenvalue weighted by molar-refractivity contribution is 6.05. The van der Waals surface area contributed by atoms with E-state index >= 15 is 0 Å². The van der Waals surface area contributed by atoms with Crippen molar-refractivity contribution in [3.63, 3.8) is 0 Å². The Hall–Kier alpha value is -4.79. The minimum atomic E-state index is -1.28. The molecule has 35 heavy (non-hydrogen) atoms. The van der Waals surface area contributed by atoms with Crippen molar-refractivity contribution in [2.24, 2.45) is 0 Å². The van der Waals surface area contributed by atoms with Crippen LogP contribution in [0.1, 0.15) is 20.7 Å². The summed E-state index contributed by atoms with van der Waals surface area (Å²) in [6, 6.07) is 13.8. The van der Waals surface area contributed by atoms with Gasteiger partial charge in [-0.2, -0.15) is 0 Å². The third-order valence-electron chi connectivity index (χ3n) is 5.25. The SMILES string of the molecule is O=C(O)c1ccc(F)c(-c2cc(NC(=O)c3ccc(O)c(-c4ccc(F)c(F)c4)c3)ccc2O)c1. The first kappa shape index (κ1) is 23.4. The van der Waals surface area contributed by atoms with E-state index in [4.69, 9.17) is 5.11 Å². The van der Waals surface area contributed by atoms with Crippen molar-refractivity contribution < 1.29 is 38.1 Å². The van der Waals surface area contributed by atoms with Crippen LogP contribution in [-0.2, 0) is 0 Å². The van der Waals surface area contributed by atoms with Gasteiger partial charge in [-0.15, -0.1) is 0 Å². The molecule has 0 atom stereocenters. The molecule has 4 aromatic rings. The Labute approximate surface area is 196 Å². The minimum absolute atomic E-state index is 0.0448. The van der Waals surface area contributed by atoms with E-state index in [1.807, 2.05) is 0 Å². The average molecular weight is 479 g/mol. The molecule has 0 unspecified atom stereocenters. The number of phenols is 2. The molecule has 0 saturated heterocycles. The second kappa shape index (κ2) is 9.22. The van der Waals surface area contributed by atoms with Gasteiger partial charge in [0, 0.05) is 27.9 Å². The van der Waals surface area contributed by atoms with Crippen molar-refractivity contribution in [1.82, 2.24) is 0 Å². The Morgan fingerprint density at radius 3 is 1.97 bits per heavy atom. The Morgan fingerprint density at radius 1 is 0.629 bits per heavy atom. The Kier molecular flexibility index (Phi) is 6.16. The zero-order valence-electron chi connectivity index (χ0n) is 17.7. The Bertz CT molecular complexity index is 1490. The Morgan fingerprint density at radius 2 is 1.26 bits per heavy atom. The molecular weight excluding hydrogens is 463 g/mol. The van der Waals surface area contributed by atoms with Crippen LogP contribution in [-0.4, -0.2) is 27.2 Å². The summed E-state index contributed by atoms with van der Waals surface area (Å²) in [7, 11) is 0. The summed E-state index contributed by atoms with van der Waals surface area (Å²) in [5.41, 5.74) is 0.0540. The van der Waals surface area contributed by atoms with Crippen LogP contribution < -0.4 is 5.32 Å². The summed E-state index contributed by atoms with van der Waals surface area (Å²) >= 11 is 0. The van der Waals surface area contributed by atoms with Gasteiger partial charge >= 0.3 is 5.97 Å². The third-order valence-corrected chi connectivity index (χ3v) is 5.25. The predicted octanol–water partition coefficient (Wildman–Crippen LogP) is 5.80. The molecular formula is C26H16F3NO5. The molecule has 0 aromatic heterocycles. The number of anilines is 1. The van der Waals surface area contributed by atoms with Gasteiger partial charge in [0.05, 0.1) is 5.56 Å². The number of rotatable bonds is 5. The van der Waals surface area contributed by atoms with Crippen LogP contribution in [0.15, 0.2) is 72.8 Å². The lowest BCUT2D eigenvalue weighted by Crippen LogP contribution is -2.12. The highest BCUT2D eigenvalue weighted by atomic mass is 19.2. The largest absolute Gasteiger partial charge is 0.507 e. The van der Waals surface area contributed by atoms with Gasteiger partial charge in [0.25, 0.3) is 5.91 Å². The molecule has 1 amide bonds. The summed E-state index contributed by atoms with van der Waals surface area (Å²) in [6.07, 6.45) is 0. The number of aromatic hydroxyl groups is 2.